The topological polar surface area (TPSA) is 39.9 Å². The number of piperidine rings is 1. The fourth-order valence-electron chi connectivity index (χ4n) is 4.87. The van der Waals surface area contributed by atoms with Gasteiger partial charge in [-0.1, -0.05) is 12.1 Å². The molecule has 1 saturated heterocycles. The molecule has 4 heteroatoms. The lowest BCUT2D eigenvalue weighted by Gasteiger charge is -2.31. The zero-order valence-electron chi connectivity index (χ0n) is 14.5. The van der Waals surface area contributed by atoms with Crippen LogP contribution in [-0.4, -0.2) is 28.5 Å². The van der Waals surface area contributed by atoms with E-state index in [0.29, 0.717) is 11.6 Å². The van der Waals surface area contributed by atoms with Crippen molar-refractivity contribution in [2.75, 3.05) is 6.54 Å². The number of fused-ring (bicyclic) bond motifs is 5. The Morgan fingerprint density at radius 3 is 2.85 bits per heavy atom. The molecule has 1 saturated carbocycles. The summed E-state index contributed by atoms with van der Waals surface area (Å²) < 4.78 is 13.4. The van der Waals surface area contributed by atoms with Crippen LogP contribution in [0.3, 0.4) is 0 Å². The molecule has 2 fully saturated rings. The molecule has 26 heavy (non-hydrogen) atoms. The lowest BCUT2D eigenvalue weighted by Crippen LogP contribution is -2.41. The van der Waals surface area contributed by atoms with E-state index >= 15 is 0 Å². The van der Waals surface area contributed by atoms with E-state index in [2.05, 4.69) is 34.2 Å². The molecule has 130 valence electrons. The monoisotopic (exact) mass is 345 g/mol. The van der Waals surface area contributed by atoms with Crippen LogP contribution in [0.5, 0.6) is 0 Å². The molecule has 1 aromatic heterocycles. The Morgan fingerprint density at radius 1 is 1.19 bits per heavy atom. The van der Waals surface area contributed by atoms with Crippen molar-refractivity contribution in [3.63, 3.8) is 0 Å². The first-order valence-corrected chi connectivity index (χ1v) is 9.33. The summed E-state index contributed by atoms with van der Waals surface area (Å²) in [6, 6.07) is 14.1. The normalized spacial score (nSPS) is 23.5. The molecule has 1 aliphatic heterocycles. The zero-order chi connectivity index (χ0) is 17.7. The summed E-state index contributed by atoms with van der Waals surface area (Å²) in [4.78, 5) is 6.82. The van der Waals surface area contributed by atoms with Gasteiger partial charge in [0.05, 0.1) is 11.6 Å². The van der Waals surface area contributed by atoms with Gasteiger partial charge in [0, 0.05) is 42.0 Å². The van der Waals surface area contributed by atoms with E-state index in [1.165, 1.54) is 31.4 Å². The van der Waals surface area contributed by atoms with Gasteiger partial charge in [-0.2, -0.15) is 5.26 Å². The van der Waals surface area contributed by atoms with Crippen LogP contribution in [0.15, 0.2) is 42.6 Å². The summed E-state index contributed by atoms with van der Waals surface area (Å²) in [5.41, 5.74) is 1.84. The van der Waals surface area contributed by atoms with E-state index < -0.39 is 0 Å². The zero-order valence-corrected chi connectivity index (χ0v) is 14.5. The molecule has 5 rings (SSSR count). The van der Waals surface area contributed by atoms with E-state index in [0.717, 1.165) is 40.6 Å². The van der Waals surface area contributed by atoms with E-state index in [9.17, 15) is 9.65 Å². The first-order valence-electron chi connectivity index (χ1n) is 9.33. The number of hydrogen-bond acceptors (Lipinski definition) is 3. The van der Waals surface area contributed by atoms with Crippen molar-refractivity contribution in [1.82, 2.24) is 9.88 Å². The van der Waals surface area contributed by atoms with Gasteiger partial charge in [0.25, 0.3) is 0 Å². The minimum absolute atomic E-state index is 0.0507. The highest BCUT2D eigenvalue weighted by Crippen LogP contribution is 2.39. The predicted octanol–water partition coefficient (Wildman–Crippen LogP) is 4.45. The second kappa shape index (κ2) is 6.03. The standard InChI is InChI=1S/C22H20FN3/c23-17-3-6-21-20-5-2-14(7-16(20)12-25-22(21)10-17)8-19(11-24)26-13-15-1-4-18(26)9-15/h2-3,5-7,10,12,15,18-19H,1,4,8-9,13H2. The van der Waals surface area contributed by atoms with Crippen LogP contribution in [0.1, 0.15) is 24.8 Å². The average molecular weight is 345 g/mol. The molecule has 2 aromatic carbocycles. The largest absolute Gasteiger partial charge is 0.284 e. The molecule has 2 aliphatic rings. The van der Waals surface area contributed by atoms with Crippen LogP contribution >= 0.6 is 0 Å². The molecular formula is C22H20FN3. The molecule has 0 spiro atoms. The molecule has 0 radical (unpaired) electrons. The van der Waals surface area contributed by atoms with Crippen molar-refractivity contribution < 1.29 is 4.39 Å². The summed E-state index contributed by atoms with van der Waals surface area (Å²) in [5, 5.41) is 12.8. The van der Waals surface area contributed by atoms with Crippen LogP contribution in [-0.2, 0) is 6.42 Å². The quantitative estimate of drug-likeness (QED) is 0.659. The van der Waals surface area contributed by atoms with Gasteiger partial charge in [-0.3, -0.25) is 9.88 Å². The molecular weight excluding hydrogens is 325 g/mol. The molecule has 3 nitrogen and oxygen atoms in total. The molecule has 0 N–H and O–H groups in total. The maximum absolute atomic E-state index is 13.4. The molecule has 2 bridgehead atoms. The lowest BCUT2D eigenvalue weighted by atomic mass is 9.99. The van der Waals surface area contributed by atoms with Crippen molar-refractivity contribution in [3.8, 4) is 6.07 Å². The number of pyridine rings is 1. The van der Waals surface area contributed by atoms with Crippen LogP contribution < -0.4 is 0 Å². The third-order valence-corrected chi connectivity index (χ3v) is 6.14. The van der Waals surface area contributed by atoms with E-state index in [1.807, 2.05) is 0 Å². The van der Waals surface area contributed by atoms with Crippen LogP contribution in [0.4, 0.5) is 4.39 Å². The Hall–Kier alpha value is -2.51. The van der Waals surface area contributed by atoms with Crippen LogP contribution in [0, 0.1) is 23.1 Å². The molecule has 1 aliphatic carbocycles. The number of hydrogen-bond donors (Lipinski definition) is 0. The van der Waals surface area contributed by atoms with E-state index in [-0.39, 0.29) is 11.9 Å². The number of nitriles is 1. The van der Waals surface area contributed by atoms with Gasteiger partial charge in [0.2, 0.25) is 0 Å². The number of halogens is 1. The SMILES string of the molecule is N#CC(Cc1ccc2c(cnc3cc(F)ccc32)c1)N1CC2CCC1C2. The minimum atomic E-state index is -0.266. The van der Waals surface area contributed by atoms with Crippen molar-refractivity contribution in [2.24, 2.45) is 5.92 Å². The third kappa shape index (κ3) is 2.55. The van der Waals surface area contributed by atoms with Gasteiger partial charge < -0.3 is 0 Å². The van der Waals surface area contributed by atoms with Gasteiger partial charge in [0.1, 0.15) is 11.9 Å². The maximum Gasteiger partial charge on any atom is 0.125 e. The Kier molecular flexibility index (Phi) is 3.65. The Labute approximate surface area is 152 Å². The fourth-order valence-corrected chi connectivity index (χ4v) is 4.87. The maximum atomic E-state index is 13.4. The number of nitrogens with zero attached hydrogens (tertiary/aromatic N) is 3. The highest BCUT2D eigenvalue weighted by Gasteiger charge is 2.40. The Bertz CT molecular complexity index is 1040. The fraction of sp³-hybridized carbons (Fsp3) is 0.364. The number of benzene rings is 2. The Morgan fingerprint density at radius 2 is 2.08 bits per heavy atom. The smallest absolute Gasteiger partial charge is 0.125 e. The van der Waals surface area contributed by atoms with Crippen molar-refractivity contribution >= 4 is 21.7 Å². The van der Waals surface area contributed by atoms with E-state index in [4.69, 9.17) is 0 Å². The molecule has 2 heterocycles. The van der Waals surface area contributed by atoms with E-state index in [1.54, 1.807) is 12.3 Å². The van der Waals surface area contributed by atoms with Crippen molar-refractivity contribution in [1.29, 1.82) is 5.26 Å². The summed E-state index contributed by atoms with van der Waals surface area (Å²) in [6.45, 7) is 1.08. The minimum Gasteiger partial charge on any atom is -0.284 e. The second-order valence-electron chi connectivity index (χ2n) is 7.72. The predicted molar refractivity (Wildman–Crippen MR) is 100 cm³/mol. The average Bonchev–Trinajstić information content (AvgIpc) is 3.29. The highest BCUT2D eigenvalue weighted by atomic mass is 19.1. The number of rotatable bonds is 3. The summed E-state index contributed by atoms with van der Waals surface area (Å²) >= 11 is 0. The van der Waals surface area contributed by atoms with Crippen molar-refractivity contribution in [2.45, 2.75) is 37.8 Å². The van der Waals surface area contributed by atoms with Gasteiger partial charge in [-0.25, -0.2) is 4.39 Å². The summed E-state index contributed by atoms with van der Waals surface area (Å²) in [6.07, 6.45) is 6.39. The molecule has 3 unspecified atom stereocenters. The number of aromatic nitrogens is 1. The first-order chi connectivity index (χ1) is 12.7. The number of likely N-dealkylation sites (tertiary alicyclic amines) is 1. The lowest BCUT2D eigenvalue weighted by molar-refractivity contribution is 0.179. The molecule has 0 amide bonds. The van der Waals surface area contributed by atoms with Crippen LogP contribution in [0.2, 0.25) is 0 Å². The first kappa shape index (κ1) is 15.7. The molecule has 3 atom stereocenters. The molecule has 3 aromatic rings. The Balaban J connectivity index is 1.47. The van der Waals surface area contributed by atoms with Gasteiger partial charge in [-0.05, 0) is 54.3 Å². The summed E-state index contributed by atoms with van der Waals surface area (Å²) in [7, 11) is 0. The van der Waals surface area contributed by atoms with Gasteiger partial charge >= 0.3 is 0 Å². The van der Waals surface area contributed by atoms with Crippen molar-refractivity contribution in [3.05, 3.63) is 54.0 Å². The highest BCUT2D eigenvalue weighted by molar-refractivity contribution is 6.05. The summed E-state index contributed by atoms with van der Waals surface area (Å²) in [5.74, 6) is 0.529. The van der Waals surface area contributed by atoms with Gasteiger partial charge in [-0.15, -0.1) is 0 Å². The third-order valence-electron chi connectivity index (χ3n) is 6.14. The van der Waals surface area contributed by atoms with Gasteiger partial charge in [0.15, 0.2) is 0 Å². The second-order valence-corrected chi connectivity index (χ2v) is 7.72. The van der Waals surface area contributed by atoms with Crippen LogP contribution in [0.25, 0.3) is 21.7 Å².